The molecule has 2 aromatic rings. The van der Waals surface area contributed by atoms with Crippen molar-refractivity contribution in [3.63, 3.8) is 0 Å². The zero-order chi connectivity index (χ0) is 19.7. The SMILES string of the molecule is C[C@@H]1[C@H](C)N(C(=O)c2csc(N)n2)CCN1C(=O)Cc1ccc(F)cc1F. The number of hydrogen-bond acceptors (Lipinski definition) is 5. The predicted octanol–water partition coefficient (Wildman–Crippen LogP) is 2.31. The van der Waals surface area contributed by atoms with Gasteiger partial charge in [-0.15, -0.1) is 11.3 Å². The summed E-state index contributed by atoms with van der Waals surface area (Å²) in [5, 5.41) is 1.94. The first-order valence-corrected chi connectivity index (χ1v) is 9.41. The molecule has 6 nitrogen and oxygen atoms in total. The number of anilines is 1. The molecule has 1 saturated heterocycles. The summed E-state index contributed by atoms with van der Waals surface area (Å²) in [5.74, 6) is -1.90. The second-order valence-corrected chi connectivity index (χ2v) is 7.44. The van der Waals surface area contributed by atoms with E-state index in [4.69, 9.17) is 5.73 Å². The molecule has 2 atom stereocenters. The fraction of sp³-hybridized carbons (Fsp3) is 0.389. The molecule has 0 saturated carbocycles. The summed E-state index contributed by atoms with van der Waals surface area (Å²) in [5.41, 5.74) is 6.04. The number of carbonyl (C=O) groups excluding carboxylic acids is 2. The van der Waals surface area contributed by atoms with Gasteiger partial charge in [-0.3, -0.25) is 9.59 Å². The summed E-state index contributed by atoms with van der Waals surface area (Å²) < 4.78 is 26.9. The highest BCUT2D eigenvalue weighted by Gasteiger charge is 2.36. The van der Waals surface area contributed by atoms with Gasteiger partial charge in [0.05, 0.1) is 6.42 Å². The van der Waals surface area contributed by atoms with E-state index < -0.39 is 11.6 Å². The third-order valence-corrected chi connectivity index (χ3v) is 5.62. The summed E-state index contributed by atoms with van der Waals surface area (Å²) in [6.07, 6.45) is -0.153. The maximum atomic E-state index is 13.8. The number of thiazole rings is 1. The fourth-order valence-electron chi connectivity index (χ4n) is 3.24. The molecule has 2 heterocycles. The number of piperazine rings is 1. The maximum absolute atomic E-state index is 13.8. The van der Waals surface area contributed by atoms with Crippen molar-refractivity contribution in [3.05, 3.63) is 46.5 Å². The molecule has 1 fully saturated rings. The van der Waals surface area contributed by atoms with Crippen LogP contribution in [0.2, 0.25) is 0 Å². The van der Waals surface area contributed by atoms with E-state index in [-0.39, 0.29) is 35.9 Å². The average molecular weight is 394 g/mol. The van der Waals surface area contributed by atoms with E-state index in [9.17, 15) is 18.4 Å². The lowest BCUT2D eigenvalue weighted by Crippen LogP contribution is -2.60. The van der Waals surface area contributed by atoms with Gasteiger partial charge in [0.2, 0.25) is 5.91 Å². The summed E-state index contributed by atoms with van der Waals surface area (Å²) in [6, 6.07) is 2.69. The lowest BCUT2D eigenvalue weighted by molar-refractivity contribution is -0.136. The molecular weight excluding hydrogens is 374 g/mol. The molecule has 9 heteroatoms. The standard InChI is InChI=1S/C18H20F2N4O2S/c1-10-11(2)24(17(26)15-9-27-18(21)22-15)6-5-23(10)16(25)7-12-3-4-13(19)8-14(12)20/h3-4,8-11H,5-7H2,1-2H3,(H2,21,22)/t10-,11+/m1/s1. The molecule has 0 unspecified atom stereocenters. The second kappa shape index (κ2) is 7.59. The van der Waals surface area contributed by atoms with Gasteiger partial charge in [-0.1, -0.05) is 6.07 Å². The molecular formula is C18H20F2N4O2S. The molecule has 0 aliphatic carbocycles. The van der Waals surface area contributed by atoms with Gasteiger partial charge in [-0.05, 0) is 25.5 Å². The van der Waals surface area contributed by atoms with E-state index >= 15 is 0 Å². The molecule has 1 aliphatic rings. The van der Waals surface area contributed by atoms with Crippen LogP contribution < -0.4 is 5.73 Å². The van der Waals surface area contributed by atoms with Crippen LogP contribution in [0.1, 0.15) is 29.9 Å². The number of nitrogens with two attached hydrogens (primary N) is 1. The van der Waals surface area contributed by atoms with Crippen LogP contribution in [0.25, 0.3) is 0 Å². The van der Waals surface area contributed by atoms with Gasteiger partial charge in [0, 0.05) is 36.6 Å². The van der Waals surface area contributed by atoms with Crippen molar-refractivity contribution in [2.24, 2.45) is 0 Å². The van der Waals surface area contributed by atoms with Crippen molar-refractivity contribution >= 4 is 28.3 Å². The largest absolute Gasteiger partial charge is 0.375 e. The van der Waals surface area contributed by atoms with Gasteiger partial charge < -0.3 is 15.5 Å². The predicted molar refractivity (Wildman–Crippen MR) is 98.3 cm³/mol. The van der Waals surface area contributed by atoms with E-state index in [0.717, 1.165) is 12.1 Å². The van der Waals surface area contributed by atoms with Gasteiger partial charge in [0.15, 0.2) is 5.13 Å². The zero-order valence-electron chi connectivity index (χ0n) is 15.0. The number of aromatic nitrogens is 1. The highest BCUT2D eigenvalue weighted by Crippen LogP contribution is 2.22. The fourth-order valence-corrected chi connectivity index (χ4v) is 3.78. The van der Waals surface area contributed by atoms with Gasteiger partial charge in [0.25, 0.3) is 5.91 Å². The molecule has 2 amide bonds. The van der Waals surface area contributed by atoms with E-state index in [0.29, 0.717) is 23.9 Å². The number of nitrogens with zero attached hydrogens (tertiary/aromatic N) is 3. The summed E-state index contributed by atoms with van der Waals surface area (Å²) in [6.45, 7) is 4.38. The third kappa shape index (κ3) is 3.92. The monoisotopic (exact) mass is 394 g/mol. The minimum Gasteiger partial charge on any atom is -0.375 e. The molecule has 0 radical (unpaired) electrons. The Morgan fingerprint density at radius 3 is 2.52 bits per heavy atom. The van der Waals surface area contributed by atoms with E-state index in [2.05, 4.69) is 4.98 Å². The van der Waals surface area contributed by atoms with Crippen molar-refractivity contribution < 1.29 is 18.4 Å². The summed E-state index contributed by atoms with van der Waals surface area (Å²) >= 11 is 1.20. The zero-order valence-corrected chi connectivity index (χ0v) is 15.8. The second-order valence-electron chi connectivity index (χ2n) is 6.55. The first-order chi connectivity index (χ1) is 12.8. The maximum Gasteiger partial charge on any atom is 0.273 e. The van der Waals surface area contributed by atoms with Gasteiger partial charge >= 0.3 is 0 Å². The summed E-state index contributed by atoms with van der Waals surface area (Å²) in [7, 11) is 0. The van der Waals surface area contributed by atoms with Crippen LogP contribution >= 0.6 is 11.3 Å². The Bertz CT molecular complexity index is 873. The van der Waals surface area contributed by atoms with Crippen LogP contribution in [-0.2, 0) is 11.2 Å². The molecule has 1 aromatic heterocycles. The molecule has 0 spiro atoms. The minimum absolute atomic E-state index is 0.151. The number of hydrogen-bond donors (Lipinski definition) is 1. The number of carbonyl (C=O) groups is 2. The number of amides is 2. The summed E-state index contributed by atoms with van der Waals surface area (Å²) in [4.78, 5) is 32.6. The number of benzene rings is 1. The molecule has 0 bridgehead atoms. The van der Waals surface area contributed by atoms with Gasteiger partial charge in [0.1, 0.15) is 17.3 Å². The van der Waals surface area contributed by atoms with Crippen LogP contribution in [-0.4, -0.2) is 51.8 Å². The Kier molecular flexibility index (Phi) is 5.41. The van der Waals surface area contributed by atoms with Crippen LogP contribution in [0.4, 0.5) is 13.9 Å². The average Bonchev–Trinajstić information content (AvgIpc) is 3.05. The molecule has 27 heavy (non-hydrogen) atoms. The van der Waals surface area contributed by atoms with Gasteiger partial charge in [-0.2, -0.15) is 0 Å². The van der Waals surface area contributed by atoms with Crippen LogP contribution in [0.5, 0.6) is 0 Å². The number of nitrogen functional groups attached to an aromatic ring is 1. The Hall–Kier alpha value is -2.55. The smallest absolute Gasteiger partial charge is 0.273 e. The van der Waals surface area contributed by atoms with Crippen molar-refractivity contribution in [1.82, 2.24) is 14.8 Å². The third-order valence-electron chi connectivity index (χ3n) is 4.94. The number of rotatable bonds is 3. The van der Waals surface area contributed by atoms with Crippen molar-refractivity contribution in [1.29, 1.82) is 0 Å². The van der Waals surface area contributed by atoms with Crippen molar-refractivity contribution in [2.45, 2.75) is 32.4 Å². The minimum atomic E-state index is -0.737. The molecule has 144 valence electrons. The van der Waals surface area contributed by atoms with Crippen LogP contribution in [0.3, 0.4) is 0 Å². The Morgan fingerprint density at radius 2 is 1.89 bits per heavy atom. The highest BCUT2D eigenvalue weighted by molar-refractivity contribution is 7.13. The van der Waals surface area contributed by atoms with Crippen molar-refractivity contribution in [2.75, 3.05) is 18.8 Å². The topological polar surface area (TPSA) is 79.5 Å². The quantitative estimate of drug-likeness (QED) is 0.866. The van der Waals surface area contributed by atoms with Gasteiger partial charge in [-0.25, -0.2) is 13.8 Å². The van der Waals surface area contributed by atoms with E-state index in [1.54, 1.807) is 15.2 Å². The molecule has 2 N–H and O–H groups in total. The Labute approximate surface area is 159 Å². The van der Waals surface area contributed by atoms with E-state index in [1.165, 1.54) is 17.4 Å². The van der Waals surface area contributed by atoms with Crippen molar-refractivity contribution in [3.8, 4) is 0 Å². The molecule has 1 aliphatic heterocycles. The Balaban J connectivity index is 1.69. The normalized spacial score (nSPS) is 20.0. The molecule has 3 rings (SSSR count). The van der Waals surface area contributed by atoms with Crippen LogP contribution in [0, 0.1) is 11.6 Å². The lowest BCUT2D eigenvalue weighted by Gasteiger charge is -2.44. The van der Waals surface area contributed by atoms with Crippen LogP contribution in [0.15, 0.2) is 23.6 Å². The Morgan fingerprint density at radius 1 is 1.22 bits per heavy atom. The number of halogens is 2. The molecule has 1 aromatic carbocycles. The lowest BCUT2D eigenvalue weighted by atomic mass is 10.0. The van der Waals surface area contributed by atoms with E-state index in [1.807, 2.05) is 13.8 Å². The first-order valence-electron chi connectivity index (χ1n) is 8.53. The highest BCUT2D eigenvalue weighted by atomic mass is 32.1. The first kappa shape index (κ1) is 19.2.